The summed E-state index contributed by atoms with van der Waals surface area (Å²) in [5.74, 6) is 0.332. The van der Waals surface area contributed by atoms with E-state index in [4.69, 9.17) is 18.0 Å². The summed E-state index contributed by atoms with van der Waals surface area (Å²) in [5, 5.41) is 0. The molecule has 0 aliphatic carbocycles. The summed E-state index contributed by atoms with van der Waals surface area (Å²) in [5.41, 5.74) is 5.21. The largest absolute Gasteiger partial charge is 0.384 e. The molecule has 0 aromatic carbocycles. The summed E-state index contributed by atoms with van der Waals surface area (Å²) in [6.45, 7) is 0. The van der Waals surface area contributed by atoms with E-state index >= 15 is 0 Å². The third-order valence-electron chi connectivity index (χ3n) is 1.31. The van der Waals surface area contributed by atoms with Crippen molar-refractivity contribution >= 4 is 34.0 Å². The van der Waals surface area contributed by atoms with Gasteiger partial charge in [0, 0.05) is 7.05 Å². The number of anilines is 1. The van der Waals surface area contributed by atoms with E-state index in [9.17, 15) is 4.79 Å². The Labute approximate surface area is 76.2 Å². The summed E-state index contributed by atoms with van der Waals surface area (Å²) in [6, 6.07) is 0. The fourth-order valence-electron chi connectivity index (χ4n) is 0.609. The summed E-state index contributed by atoms with van der Waals surface area (Å²) in [4.78, 5) is 13.4. The van der Waals surface area contributed by atoms with Crippen molar-refractivity contribution in [1.82, 2.24) is 9.55 Å². The van der Waals surface area contributed by atoms with Crippen molar-refractivity contribution in [3.8, 4) is 0 Å². The number of nitrogens with zero attached hydrogens (tertiary/aromatic N) is 1. The van der Waals surface area contributed by atoms with Crippen LogP contribution < -0.4 is 11.3 Å². The predicted octanol–water partition coefficient (Wildman–Crippen LogP) is 0.788. The number of halogens is 1. The number of hydrogen-bond acceptors (Lipinski definition) is 3. The van der Waals surface area contributed by atoms with Crippen LogP contribution in [0, 0.1) is 4.77 Å². The number of rotatable bonds is 0. The molecular weight excluding hydrogens is 230 g/mol. The number of aromatic amines is 1. The molecule has 11 heavy (non-hydrogen) atoms. The molecular formula is C5H6BrN3OS. The molecule has 0 bridgehead atoms. The SMILES string of the molecule is Cn1c(N)c(Br)c(=O)[nH]c1=S. The Bertz CT molecular complexity index is 359. The lowest BCUT2D eigenvalue weighted by Crippen LogP contribution is -2.16. The van der Waals surface area contributed by atoms with Gasteiger partial charge in [-0.2, -0.15) is 0 Å². The topological polar surface area (TPSA) is 63.8 Å². The summed E-state index contributed by atoms with van der Waals surface area (Å²) >= 11 is 7.82. The number of aromatic nitrogens is 2. The zero-order chi connectivity index (χ0) is 8.59. The Morgan fingerprint density at radius 1 is 1.73 bits per heavy atom. The van der Waals surface area contributed by atoms with Crippen molar-refractivity contribution in [2.45, 2.75) is 0 Å². The molecule has 6 heteroatoms. The van der Waals surface area contributed by atoms with Crippen molar-refractivity contribution in [3.05, 3.63) is 19.6 Å². The molecule has 1 heterocycles. The summed E-state index contributed by atoms with van der Waals surface area (Å²) in [6.07, 6.45) is 0. The van der Waals surface area contributed by atoms with Crippen molar-refractivity contribution in [3.63, 3.8) is 0 Å². The first-order valence-corrected chi connectivity index (χ1v) is 3.98. The van der Waals surface area contributed by atoms with E-state index < -0.39 is 0 Å². The lowest BCUT2D eigenvalue weighted by molar-refractivity contribution is 0.840. The summed E-state index contributed by atoms with van der Waals surface area (Å²) < 4.78 is 2.14. The van der Waals surface area contributed by atoms with E-state index in [-0.39, 0.29) is 5.56 Å². The molecule has 0 aliphatic heterocycles. The van der Waals surface area contributed by atoms with Crippen LogP contribution in [-0.2, 0) is 7.05 Å². The minimum Gasteiger partial charge on any atom is -0.384 e. The van der Waals surface area contributed by atoms with E-state index in [0.29, 0.717) is 15.1 Å². The first-order chi connectivity index (χ1) is 5.04. The Morgan fingerprint density at radius 3 is 2.82 bits per heavy atom. The van der Waals surface area contributed by atoms with Crippen molar-refractivity contribution < 1.29 is 0 Å². The Hall–Kier alpha value is -0.620. The van der Waals surface area contributed by atoms with Crippen molar-refractivity contribution in [2.75, 3.05) is 5.73 Å². The van der Waals surface area contributed by atoms with Gasteiger partial charge < -0.3 is 10.3 Å². The maximum absolute atomic E-state index is 11.0. The molecule has 0 spiro atoms. The standard InChI is InChI=1S/C5H6BrN3OS/c1-9-3(7)2(6)4(10)8-5(9)11/h7H2,1H3,(H,8,10,11). The maximum Gasteiger partial charge on any atom is 0.268 e. The molecule has 0 radical (unpaired) electrons. The quantitative estimate of drug-likeness (QED) is 0.654. The normalized spacial score (nSPS) is 10.0. The molecule has 0 unspecified atom stereocenters. The number of nitrogen functional groups attached to an aromatic ring is 1. The van der Waals surface area contributed by atoms with Crippen LogP contribution in [0.15, 0.2) is 9.27 Å². The number of hydrogen-bond donors (Lipinski definition) is 2. The first kappa shape index (κ1) is 8.48. The van der Waals surface area contributed by atoms with Gasteiger partial charge in [-0.3, -0.25) is 9.78 Å². The van der Waals surface area contributed by atoms with Gasteiger partial charge >= 0.3 is 0 Å². The number of nitrogens with one attached hydrogen (secondary N) is 1. The van der Waals surface area contributed by atoms with Crippen LogP contribution in [0.4, 0.5) is 5.82 Å². The van der Waals surface area contributed by atoms with Gasteiger partial charge in [0.25, 0.3) is 5.56 Å². The van der Waals surface area contributed by atoms with Crippen molar-refractivity contribution in [2.24, 2.45) is 7.05 Å². The third-order valence-corrected chi connectivity index (χ3v) is 2.45. The van der Waals surface area contributed by atoms with Gasteiger partial charge in [-0.1, -0.05) is 0 Å². The van der Waals surface area contributed by atoms with E-state index in [1.807, 2.05) is 0 Å². The lowest BCUT2D eigenvalue weighted by atomic mass is 10.6. The van der Waals surface area contributed by atoms with Gasteiger partial charge in [-0.15, -0.1) is 0 Å². The smallest absolute Gasteiger partial charge is 0.268 e. The van der Waals surface area contributed by atoms with Crippen LogP contribution in [0.2, 0.25) is 0 Å². The third kappa shape index (κ3) is 1.36. The lowest BCUT2D eigenvalue weighted by Gasteiger charge is -2.03. The second-order valence-corrected chi connectivity index (χ2v) is 3.20. The molecule has 4 nitrogen and oxygen atoms in total. The molecule has 0 saturated carbocycles. The second kappa shape index (κ2) is 2.78. The van der Waals surface area contributed by atoms with Gasteiger partial charge in [-0.25, -0.2) is 0 Å². The van der Waals surface area contributed by atoms with E-state index in [1.54, 1.807) is 7.05 Å². The fourth-order valence-corrected chi connectivity index (χ4v) is 1.16. The van der Waals surface area contributed by atoms with E-state index in [0.717, 1.165) is 0 Å². The Kier molecular flexibility index (Phi) is 2.15. The number of H-pyrrole nitrogens is 1. The molecule has 0 fully saturated rings. The molecule has 1 aromatic heterocycles. The van der Waals surface area contributed by atoms with Crippen LogP contribution in [0.5, 0.6) is 0 Å². The zero-order valence-corrected chi connectivity index (χ0v) is 8.12. The maximum atomic E-state index is 11.0. The van der Waals surface area contributed by atoms with Gasteiger partial charge in [0.2, 0.25) is 0 Å². The van der Waals surface area contributed by atoms with Crippen LogP contribution >= 0.6 is 28.1 Å². The van der Waals surface area contributed by atoms with Crippen LogP contribution in [0.25, 0.3) is 0 Å². The fraction of sp³-hybridized carbons (Fsp3) is 0.200. The number of nitrogens with two attached hydrogens (primary N) is 1. The molecule has 1 aromatic rings. The van der Waals surface area contributed by atoms with E-state index in [1.165, 1.54) is 4.57 Å². The Morgan fingerprint density at radius 2 is 2.27 bits per heavy atom. The minimum atomic E-state index is -0.300. The van der Waals surface area contributed by atoms with Gasteiger partial charge in [0.1, 0.15) is 10.3 Å². The zero-order valence-electron chi connectivity index (χ0n) is 5.72. The molecule has 0 atom stereocenters. The van der Waals surface area contributed by atoms with E-state index in [2.05, 4.69) is 20.9 Å². The Balaban J connectivity index is 3.73. The summed E-state index contributed by atoms with van der Waals surface area (Å²) in [7, 11) is 1.68. The van der Waals surface area contributed by atoms with Gasteiger partial charge in [0.05, 0.1) is 0 Å². The molecule has 0 saturated heterocycles. The van der Waals surface area contributed by atoms with Gasteiger partial charge in [0.15, 0.2) is 4.77 Å². The van der Waals surface area contributed by atoms with Crippen LogP contribution in [-0.4, -0.2) is 9.55 Å². The second-order valence-electron chi connectivity index (χ2n) is 2.02. The predicted molar refractivity (Wildman–Crippen MR) is 49.0 cm³/mol. The molecule has 0 aliphatic rings. The molecule has 1 rings (SSSR count). The highest BCUT2D eigenvalue weighted by molar-refractivity contribution is 9.10. The first-order valence-electron chi connectivity index (χ1n) is 2.78. The van der Waals surface area contributed by atoms with Crippen LogP contribution in [0.1, 0.15) is 0 Å². The average Bonchev–Trinajstić information content (AvgIpc) is 1.97. The molecule has 60 valence electrons. The molecule has 3 N–H and O–H groups in total. The highest BCUT2D eigenvalue weighted by atomic mass is 79.9. The van der Waals surface area contributed by atoms with Gasteiger partial charge in [-0.05, 0) is 28.1 Å². The monoisotopic (exact) mass is 235 g/mol. The highest BCUT2D eigenvalue weighted by Gasteiger charge is 2.02. The highest BCUT2D eigenvalue weighted by Crippen LogP contribution is 2.11. The average molecular weight is 236 g/mol. The van der Waals surface area contributed by atoms with Crippen LogP contribution in [0.3, 0.4) is 0 Å². The molecule has 0 amide bonds. The van der Waals surface area contributed by atoms with Crippen molar-refractivity contribution in [1.29, 1.82) is 0 Å². The minimum absolute atomic E-state index is 0.300.